The van der Waals surface area contributed by atoms with Crippen LogP contribution >= 0.6 is 0 Å². The number of nitrogens with one attached hydrogen (secondary N) is 1. The lowest BCUT2D eigenvalue weighted by Crippen LogP contribution is -2.44. The van der Waals surface area contributed by atoms with Gasteiger partial charge in [-0.15, -0.1) is 0 Å². The van der Waals surface area contributed by atoms with Crippen molar-refractivity contribution < 1.29 is 14.7 Å². The summed E-state index contributed by atoms with van der Waals surface area (Å²) >= 11 is 0. The number of amides is 3. The smallest absolute Gasteiger partial charge is 0.332 e. The summed E-state index contributed by atoms with van der Waals surface area (Å²) in [5.41, 5.74) is 6.10. The molecule has 4 aromatic rings. The highest BCUT2D eigenvalue weighted by Gasteiger charge is 2.53. The minimum absolute atomic E-state index is 0.122. The van der Waals surface area contributed by atoms with Crippen LogP contribution in [0.15, 0.2) is 66.7 Å². The third-order valence-electron chi connectivity index (χ3n) is 6.90. The molecule has 6 nitrogen and oxygen atoms in total. The zero-order chi connectivity index (χ0) is 22.9. The van der Waals surface area contributed by atoms with Crippen LogP contribution in [0.1, 0.15) is 34.0 Å². The molecular weight excluding hydrogens is 414 g/mol. The lowest BCUT2D eigenvalue weighted by Gasteiger charge is -2.36. The van der Waals surface area contributed by atoms with E-state index < -0.39 is 12.1 Å². The van der Waals surface area contributed by atoms with Gasteiger partial charge in [0.2, 0.25) is 0 Å². The van der Waals surface area contributed by atoms with Crippen molar-refractivity contribution in [2.24, 2.45) is 0 Å². The first-order chi connectivity index (χ1) is 16.0. The molecule has 1 saturated heterocycles. The predicted octanol–water partition coefficient (Wildman–Crippen LogP) is 4.97. The van der Waals surface area contributed by atoms with Gasteiger partial charge in [0, 0.05) is 23.0 Å². The Morgan fingerprint density at radius 1 is 0.939 bits per heavy atom. The Morgan fingerprint density at radius 3 is 2.42 bits per heavy atom. The van der Waals surface area contributed by atoms with Crippen LogP contribution in [0, 0.1) is 13.8 Å². The van der Waals surface area contributed by atoms with Crippen molar-refractivity contribution in [2.45, 2.75) is 32.4 Å². The summed E-state index contributed by atoms with van der Waals surface area (Å²) in [6.45, 7) is 3.84. The molecule has 2 atom stereocenters. The van der Waals surface area contributed by atoms with Crippen molar-refractivity contribution in [3.63, 3.8) is 0 Å². The Bertz CT molecular complexity index is 1430. The number of aromatic nitrogens is 1. The van der Waals surface area contributed by atoms with Gasteiger partial charge in [-0.3, -0.25) is 9.69 Å². The number of phenolic OH excluding ortho intramolecular Hbond substituents is 1. The van der Waals surface area contributed by atoms with E-state index in [0.717, 1.165) is 38.9 Å². The molecular formula is C27H23N3O3. The number of H-pyrrole nitrogens is 1. The first-order valence-corrected chi connectivity index (χ1v) is 11.1. The number of hydrogen-bond donors (Lipinski definition) is 2. The minimum Gasteiger partial charge on any atom is -0.508 e. The molecule has 2 aliphatic heterocycles. The molecule has 6 rings (SSSR count). The van der Waals surface area contributed by atoms with Crippen LogP contribution in [-0.4, -0.2) is 33.0 Å². The third kappa shape index (κ3) is 2.73. The van der Waals surface area contributed by atoms with E-state index in [1.54, 1.807) is 23.1 Å². The van der Waals surface area contributed by atoms with E-state index in [1.807, 2.05) is 62.4 Å². The largest absolute Gasteiger partial charge is 0.508 e. The maximum atomic E-state index is 13.9. The number of aromatic amines is 1. The molecule has 164 valence electrons. The molecule has 1 aromatic heterocycles. The fourth-order valence-corrected chi connectivity index (χ4v) is 5.48. The number of nitrogens with zero attached hydrogens (tertiary/aromatic N) is 2. The van der Waals surface area contributed by atoms with Crippen LogP contribution in [0.4, 0.5) is 10.5 Å². The van der Waals surface area contributed by atoms with Gasteiger partial charge < -0.3 is 10.1 Å². The number of carbonyl (C=O) groups is 2. The number of fused-ring (bicyclic) bond motifs is 4. The minimum atomic E-state index is -0.615. The van der Waals surface area contributed by atoms with Crippen molar-refractivity contribution in [3.8, 4) is 5.75 Å². The molecule has 0 radical (unpaired) electrons. The zero-order valence-electron chi connectivity index (χ0n) is 18.4. The topological polar surface area (TPSA) is 76.6 Å². The summed E-state index contributed by atoms with van der Waals surface area (Å²) in [5, 5.41) is 11.3. The van der Waals surface area contributed by atoms with Crippen LogP contribution in [0.5, 0.6) is 5.75 Å². The summed E-state index contributed by atoms with van der Waals surface area (Å²) < 4.78 is 0. The van der Waals surface area contributed by atoms with E-state index in [9.17, 15) is 14.7 Å². The Hall–Kier alpha value is -4.06. The second kappa shape index (κ2) is 6.97. The Kier molecular flexibility index (Phi) is 4.14. The molecule has 3 aromatic carbocycles. The maximum absolute atomic E-state index is 13.9. The summed E-state index contributed by atoms with van der Waals surface area (Å²) in [6.07, 6.45) is 0.445. The number of phenols is 1. The van der Waals surface area contributed by atoms with Gasteiger partial charge >= 0.3 is 6.03 Å². The normalized spacial score (nSPS) is 19.8. The van der Waals surface area contributed by atoms with Gasteiger partial charge in [-0.25, -0.2) is 9.69 Å². The van der Waals surface area contributed by atoms with Crippen LogP contribution in [0.25, 0.3) is 10.9 Å². The van der Waals surface area contributed by atoms with Crippen molar-refractivity contribution >= 4 is 28.5 Å². The van der Waals surface area contributed by atoms with Crippen molar-refractivity contribution in [1.29, 1.82) is 0 Å². The van der Waals surface area contributed by atoms with Gasteiger partial charge in [0.15, 0.2) is 0 Å². The number of aromatic hydroxyl groups is 1. The number of benzene rings is 3. The highest BCUT2D eigenvalue weighted by atomic mass is 16.3. The zero-order valence-corrected chi connectivity index (χ0v) is 18.4. The fourth-order valence-electron chi connectivity index (χ4n) is 5.48. The standard InChI is InChI=1S/C27H23N3O3/c1-15-7-5-8-16(2)24(15)30-26(32)22-14-20-19-11-3-4-12-21(19)28-23(20)25(29(22)27(30)33)17-9-6-10-18(31)13-17/h3-13,22,25,28,31H,14H2,1-2H3. The van der Waals surface area contributed by atoms with E-state index in [1.165, 1.54) is 4.90 Å². The SMILES string of the molecule is Cc1cccc(C)c1N1C(=O)C2Cc3c([nH]c4ccccc34)C(c3cccc(O)c3)N2C1=O. The van der Waals surface area contributed by atoms with Crippen LogP contribution in [-0.2, 0) is 11.2 Å². The van der Waals surface area contributed by atoms with Gasteiger partial charge in [0.25, 0.3) is 5.91 Å². The lowest BCUT2D eigenvalue weighted by atomic mass is 9.89. The second-order valence-corrected chi connectivity index (χ2v) is 8.88. The third-order valence-corrected chi connectivity index (χ3v) is 6.90. The number of urea groups is 1. The number of rotatable bonds is 2. The average Bonchev–Trinajstić information content (AvgIpc) is 3.28. The van der Waals surface area contributed by atoms with E-state index in [4.69, 9.17) is 0 Å². The van der Waals surface area contributed by atoms with Gasteiger partial charge in [-0.2, -0.15) is 0 Å². The lowest BCUT2D eigenvalue weighted by molar-refractivity contribution is -0.120. The molecule has 3 amide bonds. The van der Waals surface area contributed by atoms with Gasteiger partial charge in [0.05, 0.1) is 5.69 Å². The molecule has 6 heteroatoms. The summed E-state index contributed by atoms with van der Waals surface area (Å²) in [6, 6.07) is 19.2. The molecule has 0 aliphatic carbocycles. The summed E-state index contributed by atoms with van der Waals surface area (Å²) in [4.78, 5) is 34.2. The first-order valence-electron chi connectivity index (χ1n) is 11.1. The van der Waals surface area contributed by atoms with Crippen molar-refractivity contribution in [1.82, 2.24) is 9.88 Å². The number of hydrogen-bond acceptors (Lipinski definition) is 3. The van der Waals surface area contributed by atoms with E-state index in [0.29, 0.717) is 12.1 Å². The number of imide groups is 1. The van der Waals surface area contributed by atoms with Gasteiger partial charge in [-0.05, 0) is 54.3 Å². The fraction of sp³-hybridized carbons (Fsp3) is 0.185. The Labute approximate surface area is 191 Å². The maximum Gasteiger partial charge on any atom is 0.332 e. The van der Waals surface area contributed by atoms with Gasteiger partial charge in [-0.1, -0.05) is 48.5 Å². The summed E-state index contributed by atoms with van der Waals surface area (Å²) in [7, 11) is 0. The van der Waals surface area contributed by atoms with Gasteiger partial charge in [0.1, 0.15) is 17.8 Å². The second-order valence-electron chi connectivity index (χ2n) is 8.88. The molecule has 0 bridgehead atoms. The Morgan fingerprint density at radius 2 is 1.67 bits per heavy atom. The quantitative estimate of drug-likeness (QED) is 0.435. The molecule has 2 aliphatic rings. The molecule has 2 unspecified atom stereocenters. The van der Waals surface area contributed by atoms with Crippen molar-refractivity contribution in [2.75, 3.05) is 4.90 Å². The van der Waals surface area contributed by atoms with Crippen LogP contribution in [0.2, 0.25) is 0 Å². The first kappa shape index (κ1) is 19.6. The number of aryl methyl sites for hydroxylation is 2. The average molecular weight is 437 g/mol. The molecule has 1 fully saturated rings. The highest BCUT2D eigenvalue weighted by molar-refractivity contribution is 6.22. The van der Waals surface area contributed by atoms with E-state index in [-0.39, 0.29) is 17.7 Å². The summed E-state index contributed by atoms with van der Waals surface area (Å²) in [5.74, 6) is -0.0876. The Balaban J connectivity index is 1.58. The van der Waals surface area contributed by atoms with Crippen molar-refractivity contribution in [3.05, 3.63) is 94.7 Å². The number of anilines is 1. The van der Waals surface area contributed by atoms with Crippen LogP contribution < -0.4 is 4.90 Å². The predicted molar refractivity (Wildman–Crippen MR) is 126 cm³/mol. The molecule has 0 spiro atoms. The highest BCUT2D eigenvalue weighted by Crippen LogP contribution is 2.45. The number of carbonyl (C=O) groups excluding carboxylic acids is 2. The van der Waals surface area contributed by atoms with E-state index in [2.05, 4.69) is 4.98 Å². The molecule has 33 heavy (non-hydrogen) atoms. The molecule has 0 saturated carbocycles. The molecule has 2 N–H and O–H groups in total. The molecule has 3 heterocycles. The van der Waals surface area contributed by atoms with E-state index >= 15 is 0 Å². The monoisotopic (exact) mass is 437 g/mol. The van der Waals surface area contributed by atoms with Crippen LogP contribution in [0.3, 0.4) is 0 Å². The number of para-hydroxylation sites is 2.